The Kier molecular flexibility index (Phi) is 2.87. The zero-order chi connectivity index (χ0) is 15.3. The smallest absolute Gasteiger partial charge is 0.152 e. The summed E-state index contributed by atoms with van der Waals surface area (Å²) in [4.78, 5) is 0. The molecule has 3 aromatic rings. The van der Waals surface area contributed by atoms with E-state index in [4.69, 9.17) is 0 Å². The number of aromatic amines is 1. The highest BCUT2D eigenvalue weighted by molar-refractivity contribution is 7.91. The van der Waals surface area contributed by atoms with Gasteiger partial charge in [-0.25, -0.2) is 8.42 Å². The zero-order valence-electron chi connectivity index (χ0n) is 12.2. The number of hydrogen-bond donors (Lipinski definition) is 1. The number of benzene rings is 1. The lowest BCUT2D eigenvalue weighted by Crippen LogP contribution is -2.11. The van der Waals surface area contributed by atoms with E-state index in [0.29, 0.717) is 6.42 Å². The van der Waals surface area contributed by atoms with Crippen molar-refractivity contribution in [3.8, 4) is 11.3 Å². The molecule has 7 heteroatoms. The molecule has 0 bridgehead atoms. The van der Waals surface area contributed by atoms with Crippen molar-refractivity contribution >= 4 is 20.7 Å². The van der Waals surface area contributed by atoms with Crippen LogP contribution in [0.2, 0.25) is 0 Å². The number of sulfone groups is 1. The molecule has 0 radical (unpaired) electrons. The van der Waals surface area contributed by atoms with Crippen molar-refractivity contribution in [2.24, 2.45) is 0 Å². The SMILES string of the molecule is Cc1cn(C2CCS(=O)(=O)C2)nc1-c1ccc2cn[nH]c2c1. The molecule has 22 heavy (non-hydrogen) atoms. The van der Waals surface area contributed by atoms with E-state index in [0.717, 1.165) is 27.7 Å². The molecule has 0 amide bonds. The maximum absolute atomic E-state index is 11.6. The molecule has 0 saturated carbocycles. The molecule has 1 atom stereocenters. The van der Waals surface area contributed by atoms with Gasteiger partial charge >= 0.3 is 0 Å². The highest BCUT2D eigenvalue weighted by Gasteiger charge is 2.30. The zero-order valence-corrected chi connectivity index (χ0v) is 13.0. The number of aromatic nitrogens is 4. The molecule has 1 aliphatic heterocycles. The van der Waals surface area contributed by atoms with Gasteiger partial charge in [0, 0.05) is 17.1 Å². The molecular weight excluding hydrogens is 300 g/mol. The fourth-order valence-corrected chi connectivity index (χ4v) is 4.73. The molecule has 0 spiro atoms. The van der Waals surface area contributed by atoms with E-state index in [2.05, 4.69) is 15.3 Å². The van der Waals surface area contributed by atoms with Crippen molar-refractivity contribution in [2.45, 2.75) is 19.4 Å². The highest BCUT2D eigenvalue weighted by atomic mass is 32.2. The Balaban J connectivity index is 1.73. The summed E-state index contributed by atoms with van der Waals surface area (Å²) < 4.78 is 25.1. The monoisotopic (exact) mass is 316 g/mol. The van der Waals surface area contributed by atoms with Crippen LogP contribution in [0.5, 0.6) is 0 Å². The predicted octanol–water partition coefficient (Wildman–Crippen LogP) is 2.09. The maximum atomic E-state index is 11.6. The molecule has 1 aliphatic rings. The highest BCUT2D eigenvalue weighted by Crippen LogP contribution is 2.29. The van der Waals surface area contributed by atoms with E-state index in [9.17, 15) is 8.42 Å². The standard InChI is InChI=1S/C15H16N4O2S/c1-10-8-19(13-4-5-22(20,21)9-13)18-15(10)11-2-3-12-7-16-17-14(12)6-11/h2-3,6-8,13H,4-5,9H2,1H3,(H,16,17). The number of hydrogen-bond acceptors (Lipinski definition) is 4. The molecule has 4 rings (SSSR count). The van der Waals surface area contributed by atoms with Crippen molar-refractivity contribution < 1.29 is 8.42 Å². The average Bonchev–Trinajstić information content (AvgIpc) is 3.16. The van der Waals surface area contributed by atoms with Gasteiger partial charge in [-0.2, -0.15) is 10.2 Å². The molecule has 6 nitrogen and oxygen atoms in total. The second kappa shape index (κ2) is 4.67. The number of nitrogens with one attached hydrogen (secondary N) is 1. The van der Waals surface area contributed by atoms with Crippen molar-refractivity contribution in [1.82, 2.24) is 20.0 Å². The second-order valence-electron chi connectivity index (χ2n) is 5.87. The lowest BCUT2D eigenvalue weighted by atomic mass is 10.1. The van der Waals surface area contributed by atoms with Gasteiger partial charge in [-0.15, -0.1) is 0 Å². The van der Waals surface area contributed by atoms with Gasteiger partial charge in [-0.3, -0.25) is 9.78 Å². The first kappa shape index (κ1) is 13.5. The van der Waals surface area contributed by atoms with Crippen LogP contribution < -0.4 is 0 Å². The van der Waals surface area contributed by atoms with Gasteiger partial charge in [0.2, 0.25) is 0 Å². The Bertz CT molecular complexity index is 955. The van der Waals surface area contributed by atoms with E-state index in [1.54, 1.807) is 6.20 Å². The minimum Gasteiger partial charge on any atom is -0.278 e. The van der Waals surface area contributed by atoms with Crippen LogP contribution in [-0.2, 0) is 9.84 Å². The van der Waals surface area contributed by atoms with Crippen molar-refractivity contribution in [3.63, 3.8) is 0 Å². The molecule has 2 aromatic heterocycles. The van der Waals surface area contributed by atoms with Crippen LogP contribution in [-0.4, -0.2) is 39.9 Å². The van der Waals surface area contributed by atoms with Gasteiger partial charge in [0.05, 0.1) is 35.0 Å². The molecule has 1 unspecified atom stereocenters. The third kappa shape index (κ3) is 2.21. The first-order valence-corrected chi connectivity index (χ1v) is 9.04. The average molecular weight is 316 g/mol. The predicted molar refractivity (Wildman–Crippen MR) is 84.4 cm³/mol. The summed E-state index contributed by atoms with van der Waals surface area (Å²) in [5.41, 5.74) is 3.91. The lowest BCUT2D eigenvalue weighted by molar-refractivity contribution is 0.500. The third-order valence-electron chi connectivity index (χ3n) is 4.21. The summed E-state index contributed by atoms with van der Waals surface area (Å²) in [6, 6.07) is 6.00. The first-order chi connectivity index (χ1) is 10.5. The Morgan fingerprint density at radius 3 is 3.00 bits per heavy atom. The van der Waals surface area contributed by atoms with Crippen LogP contribution in [0.25, 0.3) is 22.2 Å². The van der Waals surface area contributed by atoms with Crippen molar-refractivity contribution in [3.05, 3.63) is 36.2 Å². The van der Waals surface area contributed by atoms with Crippen LogP contribution in [0.3, 0.4) is 0 Å². The number of rotatable bonds is 2. The molecule has 1 saturated heterocycles. The Morgan fingerprint density at radius 2 is 2.23 bits per heavy atom. The largest absolute Gasteiger partial charge is 0.278 e. The third-order valence-corrected chi connectivity index (χ3v) is 5.96. The van der Waals surface area contributed by atoms with Crippen LogP contribution in [0.15, 0.2) is 30.6 Å². The van der Waals surface area contributed by atoms with E-state index in [1.807, 2.05) is 36.0 Å². The second-order valence-corrected chi connectivity index (χ2v) is 8.10. The van der Waals surface area contributed by atoms with Crippen molar-refractivity contribution in [1.29, 1.82) is 0 Å². The van der Waals surface area contributed by atoms with Gasteiger partial charge in [0.1, 0.15) is 0 Å². The number of aryl methyl sites for hydroxylation is 1. The molecule has 1 N–H and O–H groups in total. The van der Waals surface area contributed by atoms with Crippen LogP contribution in [0.1, 0.15) is 18.0 Å². The number of nitrogens with zero attached hydrogens (tertiary/aromatic N) is 3. The normalized spacial score (nSPS) is 20.7. The lowest BCUT2D eigenvalue weighted by Gasteiger charge is -2.07. The maximum Gasteiger partial charge on any atom is 0.152 e. The molecular formula is C15H16N4O2S. The Labute approximate surface area is 128 Å². The summed E-state index contributed by atoms with van der Waals surface area (Å²) in [6.45, 7) is 2.00. The molecule has 1 aromatic carbocycles. The van der Waals surface area contributed by atoms with E-state index in [1.165, 1.54) is 0 Å². The summed E-state index contributed by atoms with van der Waals surface area (Å²) in [7, 11) is -2.91. The minimum atomic E-state index is -2.91. The number of H-pyrrole nitrogens is 1. The van der Waals surface area contributed by atoms with E-state index < -0.39 is 9.84 Å². The van der Waals surface area contributed by atoms with Crippen LogP contribution >= 0.6 is 0 Å². The van der Waals surface area contributed by atoms with E-state index in [-0.39, 0.29) is 17.5 Å². The van der Waals surface area contributed by atoms with Gasteiger partial charge in [-0.05, 0) is 25.0 Å². The quantitative estimate of drug-likeness (QED) is 0.785. The Morgan fingerprint density at radius 1 is 1.36 bits per heavy atom. The van der Waals surface area contributed by atoms with Crippen LogP contribution in [0, 0.1) is 6.92 Å². The fraction of sp³-hybridized carbons (Fsp3) is 0.333. The molecule has 1 fully saturated rings. The van der Waals surface area contributed by atoms with Gasteiger partial charge in [-0.1, -0.05) is 12.1 Å². The van der Waals surface area contributed by atoms with Gasteiger partial charge < -0.3 is 0 Å². The minimum absolute atomic E-state index is 0.0478. The van der Waals surface area contributed by atoms with Gasteiger partial charge in [0.15, 0.2) is 9.84 Å². The number of fused-ring (bicyclic) bond motifs is 1. The van der Waals surface area contributed by atoms with Crippen molar-refractivity contribution in [2.75, 3.05) is 11.5 Å². The summed E-state index contributed by atoms with van der Waals surface area (Å²) in [5.74, 6) is 0.444. The molecule has 3 heterocycles. The van der Waals surface area contributed by atoms with Gasteiger partial charge in [0.25, 0.3) is 0 Å². The fourth-order valence-electron chi connectivity index (χ4n) is 3.02. The topological polar surface area (TPSA) is 80.6 Å². The summed E-state index contributed by atoms with van der Waals surface area (Å²) in [6.07, 6.45) is 4.37. The van der Waals surface area contributed by atoms with E-state index >= 15 is 0 Å². The first-order valence-electron chi connectivity index (χ1n) is 7.21. The molecule has 114 valence electrons. The van der Waals surface area contributed by atoms with Crippen LogP contribution in [0.4, 0.5) is 0 Å². The Hall–Kier alpha value is -2.15. The summed E-state index contributed by atoms with van der Waals surface area (Å²) >= 11 is 0. The molecule has 0 aliphatic carbocycles. The summed E-state index contributed by atoms with van der Waals surface area (Å²) in [5, 5.41) is 12.7.